The average Bonchev–Trinajstić information content (AvgIpc) is 2.61. The van der Waals surface area contributed by atoms with E-state index < -0.39 is 5.60 Å². The van der Waals surface area contributed by atoms with Gasteiger partial charge in [0.1, 0.15) is 5.60 Å². The number of carbonyl (C=O) groups is 1. The van der Waals surface area contributed by atoms with Crippen LogP contribution in [0.3, 0.4) is 0 Å². The molecule has 0 amide bonds. The second kappa shape index (κ2) is 9.35. The van der Waals surface area contributed by atoms with E-state index in [0.29, 0.717) is 13.0 Å². The summed E-state index contributed by atoms with van der Waals surface area (Å²) in [6.07, 6.45) is 2.34. The van der Waals surface area contributed by atoms with Crippen molar-refractivity contribution in [2.75, 3.05) is 0 Å². The Morgan fingerprint density at radius 1 is 1.08 bits per heavy atom. The van der Waals surface area contributed by atoms with E-state index in [4.69, 9.17) is 4.74 Å². The average molecular weight is 351 g/mol. The monoisotopic (exact) mass is 351 g/mol. The van der Waals surface area contributed by atoms with Crippen molar-refractivity contribution < 1.29 is 9.53 Å². The maximum absolute atomic E-state index is 12.9. The summed E-state index contributed by atoms with van der Waals surface area (Å²) in [6.45, 7) is 10.2. The Labute approximate surface area is 157 Å². The second-order valence-corrected chi connectivity index (χ2v) is 7.42. The standard InChI is InChI=1S/C23H29NO2/c1-5-12-20(22(25)26-23(2,3)4)21(19-15-10-7-11-16-19)24-17-18-13-8-6-9-14-18/h5-11,13-16,20-21,24H,1,12,17H2,2-4H3/t20-,21-/m0/s1. The molecule has 0 radical (unpaired) electrons. The van der Waals surface area contributed by atoms with Gasteiger partial charge in [-0.05, 0) is 38.3 Å². The molecule has 0 heterocycles. The molecule has 26 heavy (non-hydrogen) atoms. The molecule has 0 bridgehead atoms. The molecule has 3 heteroatoms. The van der Waals surface area contributed by atoms with Crippen LogP contribution in [0.25, 0.3) is 0 Å². The molecule has 0 saturated carbocycles. The Balaban J connectivity index is 2.26. The van der Waals surface area contributed by atoms with Crippen LogP contribution in [0, 0.1) is 5.92 Å². The molecule has 0 aliphatic rings. The van der Waals surface area contributed by atoms with Crippen LogP contribution in [0.4, 0.5) is 0 Å². The lowest BCUT2D eigenvalue weighted by atomic mass is 9.89. The Bertz CT molecular complexity index is 689. The molecule has 2 aromatic carbocycles. The molecular formula is C23H29NO2. The van der Waals surface area contributed by atoms with Gasteiger partial charge in [-0.25, -0.2) is 0 Å². The first-order chi connectivity index (χ1) is 12.4. The van der Waals surface area contributed by atoms with Crippen molar-refractivity contribution in [2.45, 2.75) is 45.4 Å². The molecule has 0 fully saturated rings. The van der Waals surface area contributed by atoms with Gasteiger partial charge in [0.15, 0.2) is 0 Å². The van der Waals surface area contributed by atoms with Crippen molar-refractivity contribution in [1.82, 2.24) is 5.32 Å². The number of allylic oxidation sites excluding steroid dienone is 1. The van der Waals surface area contributed by atoms with Crippen molar-refractivity contribution in [3.63, 3.8) is 0 Å². The third-order valence-electron chi connectivity index (χ3n) is 4.06. The van der Waals surface area contributed by atoms with E-state index in [2.05, 4.69) is 24.0 Å². The van der Waals surface area contributed by atoms with Crippen molar-refractivity contribution in [3.05, 3.63) is 84.4 Å². The van der Waals surface area contributed by atoms with Gasteiger partial charge in [0.25, 0.3) is 0 Å². The van der Waals surface area contributed by atoms with Crippen LogP contribution in [0.15, 0.2) is 73.3 Å². The van der Waals surface area contributed by atoms with E-state index in [1.54, 1.807) is 6.08 Å². The zero-order valence-corrected chi connectivity index (χ0v) is 15.9. The van der Waals surface area contributed by atoms with Gasteiger partial charge < -0.3 is 10.1 Å². The minimum atomic E-state index is -0.517. The molecule has 2 atom stereocenters. The summed E-state index contributed by atoms with van der Waals surface area (Å²) in [5.41, 5.74) is 1.73. The van der Waals surface area contributed by atoms with Gasteiger partial charge in [0.2, 0.25) is 0 Å². The zero-order valence-electron chi connectivity index (χ0n) is 15.9. The molecule has 0 saturated heterocycles. The summed E-state index contributed by atoms with van der Waals surface area (Å²) in [6, 6.07) is 20.1. The molecular weight excluding hydrogens is 322 g/mol. The lowest BCUT2D eigenvalue weighted by Crippen LogP contribution is -2.37. The van der Waals surface area contributed by atoms with Crippen molar-refractivity contribution in [2.24, 2.45) is 5.92 Å². The fourth-order valence-electron chi connectivity index (χ4n) is 2.90. The van der Waals surface area contributed by atoms with Crippen LogP contribution in [0.2, 0.25) is 0 Å². The Morgan fingerprint density at radius 2 is 1.65 bits per heavy atom. The summed E-state index contributed by atoms with van der Waals surface area (Å²) in [4.78, 5) is 12.9. The summed E-state index contributed by atoms with van der Waals surface area (Å²) in [7, 11) is 0. The lowest BCUT2D eigenvalue weighted by Gasteiger charge is -2.30. The predicted molar refractivity (Wildman–Crippen MR) is 107 cm³/mol. The maximum Gasteiger partial charge on any atom is 0.311 e. The normalized spacial score (nSPS) is 13.7. The molecule has 3 nitrogen and oxygen atoms in total. The molecule has 2 rings (SSSR count). The van der Waals surface area contributed by atoms with Crippen LogP contribution in [-0.2, 0) is 16.1 Å². The van der Waals surface area contributed by atoms with E-state index in [9.17, 15) is 4.79 Å². The van der Waals surface area contributed by atoms with Gasteiger partial charge in [0, 0.05) is 12.6 Å². The lowest BCUT2D eigenvalue weighted by molar-refractivity contribution is -0.161. The van der Waals surface area contributed by atoms with Crippen LogP contribution >= 0.6 is 0 Å². The van der Waals surface area contributed by atoms with E-state index in [1.807, 2.05) is 69.3 Å². The van der Waals surface area contributed by atoms with Gasteiger partial charge in [-0.1, -0.05) is 66.7 Å². The van der Waals surface area contributed by atoms with E-state index in [0.717, 1.165) is 5.56 Å². The van der Waals surface area contributed by atoms with Gasteiger partial charge >= 0.3 is 5.97 Å². The molecule has 0 spiro atoms. The highest BCUT2D eigenvalue weighted by molar-refractivity contribution is 5.74. The Kier molecular flexibility index (Phi) is 7.16. The summed E-state index contributed by atoms with van der Waals surface area (Å²) < 4.78 is 5.68. The van der Waals surface area contributed by atoms with E-state index in [1.165, 1.54) is 5.56 Å². The molecule has 1 N–H and O–H groups in total. The fourth-order valence-corrected chi connectivity index (χ4v) is 2.90. The minimum absolute atomic E-state index is 0.149. The zero-order chi connectivity index (χ0) is 19.0. The highest BCUT2D eigenvalue weighted by Crippen LogP contribution is 2.28. The first-order valence-electron chi connectivity index (χ1n) is 9.06. The van der Waals surface area contributed by atoms with Crippen LogP contribution in [0.5, 0.6) is 0 Å². The first-order valence-corrected chi connectivity index (χ1v) is 9.06. The topological polar surface area (TPSA) is 38.3 Å². The van der Waals surface area contributed by atoms with Crippen LogP contribution in [0.1, 0.15) is 44.4 Å². The van der Waals surface area contributed by atoms with Gasteiger partial charge in [0.05, 0.1) is 5.92 Å². The van der Waals surface area contributed by atoms with Crippen LogP contribution < -0.4 is 5.32 Å². The first kappa shape index (κ1) is 19.9. The molecule has 0 aromatic heterocycles. The quantitative estimate of drug-likeness (QED) is 0.534. The summed E-state index contributed by atoms with van der Waals surface area (Å²) in [5, 5.41) is 3.56. The maximum atomic E-state index is 12.9. The fraction of sp³-hybridized carbons (Fsp3) is 0.348. The highest BCUT2D eigenvalue weighted by Gasteiger charge is 2.32. The number of benzene rings is 2. The number of ether oxygens (including phenoxy) is 1. The van der Waals surface area contributed by atoms with Crippen LogP contribution in [-0.4, -0.2) is 11.6 Å². The highest BCUT2D eigenvalue weighted by atomic mass is 16.6. The van der Waals surface area contributed by atoms with Gasteiger partial charge in [-0.2, -0.15) is 0 Å². The number of hydrogen-bond donors (Lipinski definition) is 1. The molecule has 2 aromatic rings. The number of hydrogen-bond acceptors (Lipinski definition) is 3. The second-order valence-electron chi connectivity index (χ2n) is 7.42. The van der Waals surface area contributed by atoms with E-state index in [-0.39, 0.29) is 17.9 Å². The van der Waals surface area contributed by atoms with E-state index >= 15 is 0 Å². The molecule has 138 valence electrons. The third-order valence-corrected chi connectivity index (χ3v) is 4.06. The molecule has 0 aliphatic carbocycles. The van der Waals surface area contributed by atoms with Crippen molar-refractivity contribution in [3.8, 4) is 0 Å². The smallest absolute Gasteiger partial charge is 0.311 e. The number of nitrogens with one attached hydrogen (secondary N) is 1. The molecule has 0 aliphatic heterocycles. The number of carbonyl (C=O) groups excluding carboxylic acids is 1. The minimum Gasteiger partial charge on any atom is -0.460 e. The SMILES string of the molecule is C=CC[C@H](C(=O)OC(C)(C)C)[C@@H](NCc1ccccc1)c1ccccc1. The number of esters is 1. The summed E-state index contributed by atoms with van der Waals surface area (Å²) in [5.74, 6) is -0.537. The van der Waals surface area contributed by atoms with Gasteiger partial charge in [-0.15, -0.1) is 6.58 Å². The van der Waals surface area contributed by atoms with Crippen molar-refractivity contribution >= 4 is 5.97 Å². The summed E-state index contributed by atoms with van der Waals surface area (Å²) >= 11 is 0. The predicted octanol–water partition coefficient (Wildman–Crippen LogP) is 5.05. The van der Waals surface area contributed by atoms with Crippen molar-refractivity contribution in [1.29, 1.82) is 0 Å². The Hall–Kier alpha value is -2.39. The number of rotatable bonds is 8. The molecule has 0 unspecified atom stereocenters. The Morgan fingerprint density at radius 3 is 2.19 bits per heavy atom. The largest absolute Gasteiger partial charge is 0.460 e. The third kappa shape index (κ3) is 6.16. The van der Waals surface area contributed by atoms with Gasteiger partial charge in [-0.3, -0.25) is 4.79 Å².